The standard InChI is InChI=1S/C22H27FN2O2S/c23-21-13-17(6-5-16-3-1-2-4-16)7-10-22(21)25-28(26,27)20-9-8-19-15-24-12-11-18(19)14-20/h7-10,13-14,16,24-25H,1-6,11-12,15H2. The number of hydrogen-bond donors (Lipinski definition) is 2. The van der Waals surface area contributed by atoms with E-state index in [-0.39, 0.29) is 10.6 Å². The van der Waals surface area contributed by atoms with Gasteiger partial charge in [-0.25, -0.2) is 12.8 Å². The van der Waals surface area contributed by atoms with Gasteiger partial charge in [0, 0.05) is 6.54 Å². The van der Waals surface area contributed by atoms with Gasteiger partial charge in [-0.2, -0.15) is 0 Å². The predicted octanol–water partition coefficient (Wildman–Crippen LogP) is 4.40. The molecule has 1 fully saturated rings. The van der Waals surface area contributed by atoms with E-state index in [0.717, 1.165) is 55.0 Å². The van der Waals surface area contributed by atoms with Gasteiger partial charge >= 0.3 is 0 Å². The van der Waals surface area contributed by atoms with Crippen molar-refractivity contribution >= 4 is 15.7 Å². The van der Waals surface area contributed by atoms with Crippen molar-refractivity contribution in [1.29, 1.82) is 0 Å². The maximum atomic E-state index is 14.5. The number of sulfonamides is 1. The van der Waals surface area contributed by atoms with E-state index in [2.05, 4.69) is 10.0 Å². The SMILES string of the molecule is O=S(=O)(Nc1ccc(CCC2CCCC2)cc1F)c1ccc2c(c1)CCNC2. The molecular weight excluding hydrogens is 375 g/mol. The van der Waals surface area contributed by atoms with Crippen LogP contribution < -0.4 is 10.0 Å². The number of benzene rings is 2. The Balaban J connectivity index is 1.46. The summed E-state index contributed by atoms with van der Waals surface area (Å²) in [4.78, 5) is 0.179. The molecule has 2 aromatic carbocycles. The van der Waals surface area contributed by atoms with Gasteiger partial charge in [0.15, 0.2) is 0 Å². The van der Waals surface area contributed by atoms with Crippen LogP contribution in [0, 0.1) is 11.7 Å². The highest BCUT2D eigenvalue weighted by molar-refractivity contribution is 7.92. The first-order valence-electron chi connectivity index (χ1n) is 10.1. The lowest BCUT2D eigenvalue weighted by molar-refractivity contribution is 0.503. The molecule has 1 aliphatic heterocycles. The Morgan fingerprint density at radius 2 is 1.89 bits per heavy atom. The Labute approximate surface area is 166 Å². The molecule has 28 heavy (non-hydrogen) atoms. The molecule has 0 aromatic heterocycles. The molecule has 2 aromatic rings. The van der Waals surface area contributed by atoms with Crippen LogP contribution in [-0.4, -0.2) is 15.0 Å². The molecule has 6 heteroatoms. The fraction of sp³-hybridized carbons (Fsp3) is 0.455. The average Bonchev–Trinajstić information content (AvgIpc) is 3.21. The van der Waals surface area contributed by atoms with Crippen molar-refractivity contribution in [3.63, 3.8) is 0 Å². The summed E-state index contributed by atoms with van der Waals surface area (Å²) in [6, 6.07) is 9.95. The monoisotopic (exact) mass is 402 g/mol. The van der Waals surface area contributed by atoms with Gasteiger partial charge in [0.05, 0.1) is 10.6 Å². The molecular formula is C22H27FN2O2S. The van der Waals surface area contributed by atoms with Crippen molar-refractivity contribution in [2.45, 2.75) is 56.4 Å². The minimum Gasteiger partial charge on any atom is -0.312 e. The van der Waals surface area contributed by atoms with Crippen LogP contribution >= 0.6 is 0 Å². The van der Waals surface area contributed by atoms with Gasteiger partial charge in [0.1, 0.15) is 5.82 Å². The van der Waals surface area contributed by atoms with Crippen molar-refractivity contribution in [1.82, 2.24) is 5.32 Å². The smallest absolute Gasteiger partial charge is 0.261 e. The maximum Gasteiger partial charge on any atom is 0.261 e. The molecule has 0 atom stereocenters. The molecule has 1 saturated carbocycles. The summed E-state index contributed by atoms with van der Waals surface area (Å²) in [6.07, 6.45) is 7.87. The van der Waals surface area contributed by atoms with Crippen LogP contribution in [-0.2, 0) is 29.4 Å². The van der Waals surface area contributed by atoms with E-state index in [9.17, 15) is 12.8 Å². The zero-order valence-electron chi connectivity index (χ0n) is 16.0. The number of halogens is 1. The van der Waals surface area contributed by atoms with Gasteiger partial charge in [-0.05, 0) is 72.7 Å². The van der Waals surface area contributed by atoms with E-state index in [1.54, 1.807) is 18.2 Å². The first-order chi connectivity index (χ1) is 13.5. The first kappa shape index (κ1) is 19.4. The summed E-state index contributed by atoms with van der Waals surface area (Å²) >= 11 is 0. The van der Waals surface area contributed by atoms with Crippen molar-refractivity contribution in [3.8, 4) is 0 Å². The van der Waals surface area contributed by atoms with E-state index in [1.165, 1.54) is 31.7 Å². The van der Waals surface area contributed by atoms with Gasteiger partial charge in [-0.3, -0.25) is 4.72 Å². The van der Waals surface area contributed by atoms with E-state index in [1.807, 2.05) is 12.1 Å². The normalized spacial score (nSPS) is 17.5. The van der Waals surface area contributed by atoms with Gasteiger partial charge in [0.2, 0.25) is 0 Å². The zero-order valence-corrected chi connectivity index (χ0v) is 16.8. The van der Waals surface area contributed by atoms with E-state index >= 15 is 0 Å². The summed E-state index contributed by atoms with van der Waals surface area (Å²) in [5.74, 6) is 0.232. The maximum absolute atomic E-state index is 14.5. The summed E-state index contributed by atoms with van der Waals surface area (Å²) in [5, 5.41) is 3.27. The van der Waals surface area contributed by atoms with Crippen LogP contribution in [0.2, 0.25) is 0 Å². The molecule has 0 saturated heterocycles. The molecule has 2 aliphatic rings. The summed E-state index contributed by atoms with van der Waals surface area (Å²) in [7, 11) is -3.82. The van der Waals surface area contributed by atoms with Gasteiger partial charge < -0.3 is 5.32 Å². The Morgan fingerprint density at radius 1 is 1.07 bits per heavy atom. The molecule has 0 radical (unpaired) electrons. The third-order valence-corrected chi connectivity index (χ3v) is 7.33. The molecule has 150 valence electrons. The molecule has 1 heterocycles. The number of aryl methyl sites for hydroxylation is 1. The molecule has 2 N–H and O–H groups in total. The summed E-state index contributed by atoms with van der Waals surface area (Å²) in [5.41, 5.74) is 3.07. The highest BCUT2D eigenvalue weighted by atomic mass is 32.2. The zero-order chi connectivity index (χ0) is 19.6. The van der Waals surface area contributed by atoms with Crippen molar-refractivity contribution in [2.24, 2.45) is 5.92 Å². The van der Waals surface area contributed by atoms with Crippen molar-refractivity contribution in [3.05, 3.63) is 58.9 Å². The van der Waals surface area contributed by atoms with Crippen LogP contribution in [0.5, 0.6) is 0 Å². The van der Waals surface area contributed by atoms with E-state index < -0.39 is 15.8 Å². The average molecular weight is 403 g/mol. The quantitative estimate of drug-likeness (QED) is 0.753. The minimum absolute atomic E-state index is 0.00371. The molecule has 0 spiro atoms. The number of hydrogen-bond acceptors (Lipinski definition) is 3. The van der Waals surface area contributed by atoms with Crippen molar-refractivity contribution < 1.29 is 12.8 Å². The van der Waals surface area contributed by atoms with E-state index in [0.29, 0.717) is 0 Å². The fourth-order valence-electron chi connectivity index (χ4n) is 4.29. The lowest BCUT2D eigenvalue weighted by atomic mass is 9.98. The highest BCUT2D eigenvalue weighted by Crippen LogP contribution is 2.29. The van der Waals surface area contributed by atoms with Crippen LogP contribution in [0.3, 0.4) is 0 Å². The molecule has 0 amide bonds. The number of rotatable bonds is 6. The van der Waals surface area contributed by atoms with Gasteiger partial charge in [0.25, 0.3) is 10.0 Å². The Bertz CT molecular complexity index is 953. The Kier molecular flexibility index (Phi) is 5.69. The predicted molar refractivity (Wildman–Crippen MR) is 109 cm³/mol. The van der Waals surface area contributed by atoms with E-state index in [4.69, 9.17) is 0 Å². The molecule has 0 bridgehead atoms. The fourth-order valence-corrected chi connectivity index (χ4v) is 5.41. The number of fused-ring (bicyclic) bond motifs is 1. The summed E-state index contributed by atoms with van der Waals surface area (Å²) < 4.78 is 42.4. The Morgan fingerprint density at radius 3 is 2.68 bits per heavy atom. The summed E-state index contributed by atoms with van der Waals surface area (Å²) in [6.45, 7) is 1.58. The lowest BCUT2D eigenvalue weighted by Gasteiger charge is -2.18. The van der Waals surface area contributed by atoms with Crippen LogP contribution in [0.15, 0.2) is 41.3 Å². The first-order valence-corrected chi connectivity index (χ1v) is 11.6. The van der Waals surface area contributed by atoms with Crippen LogP contribution in [0.4, 0.5) is 10.1 Å². The molecule has 0 unspecified atom stereocenters. The molecule has 4 nitrogen and oxygen atoms in total. The lowest BCUT2D eigenvalue weighted by Crippen LogP contribution is -2.24. The minimum atomic E-state index is -3.82. The molecule has 1 aliphatic carbocycles. The second-order valence-electron chi connectivity index (χ2n) is 7.97. The van der Waals surface area contributed by atoms with Crippen LogP contribution in [0.1, 0.15) is 48.8 Å². The third kappa shape index (κ3) is 4.39. The largest absolute Gasteiger partial charge is 0.312 e. The second kappa shape index (κ2) is 8.21. The van der Waals surface area contributed by atoms with Crippen LogP contribution in [0.25, 0.3) is 0 Å². The molecule has 4 rings (SSSR count). The van der Waals surface area contributed by atoms with Crippen molar-refractivity contribution in [2.75, 3.05) is 11.3 Å². The Hall–Kier alpha value is -1.92. The number of nitrogens with one attached hydrogen (secondary N) is 2. The van der Waals surface area contributed by atoms with Gasteiger partial charge in [-0.15, -0.1) is 0 Å². The third-order valence-electron chi connectivity index (χ3n) is 5.97. The van der Waals surface area contributed by atoms with Gasteiger partial charge in [-0.1, -0.05) is 37.8 Å². The highest BCUT2D eigenvalue weighted by Gasteiger charge is 2.20. The second-order valence-corrected chi connectivity index (χ2v) is 9.65. The topological polar surface area (TPSA) is 58.2 Å². The number of anilines is 1.